The molecule has 29 heavy (non-hydrogen) atoms. The number of aliphatic imine (C=N–C) groups is 1. The van der Waals surface area contributed by atoms with Gasteiger partial charge >= 0.3 is 0 Å². The van der Waals surface area contributed by atoms with Gasteiger partial charge in [0.25, 0.3) is 0 Å². The Morgan fingerprint density at radius 1 is 1.14 bits per heavy atom. The average Bonchev–Trinajstić information content (AvgIpc) is 3.29. The van der Waals surface area contributed by atoms with E-state index in [0.29, 0.717) is 6.61 Å². The molecule has 8 heteroatoms. The van der Waals surface area contributed by atoms with Crippen LogP contribution >= 0.6 is 24.0 Å². The molecule has 0 saturated carbocycles. The molecular weight excluding hydrogens is 481 g/mol. The third kappa shape index (κ3) is 5.70. The van der Waals surface area contributed by atoms with Gasteiger partial charge < -0.3 is 25.0 Å². The molecule has 3 heterocycles. The lowest BCUT2D eigenvalue weighted by atomic mass is 10.1. The topological polar surface area (TPSA) is 71.0 Å². The summed E-state index contributed by atoms with van der Waals surface area (Å²) in [7, 11) is 1.83. The molecule has 2 fully saturated rings. The van der Waals surface area contributed by atoms with Crippen LogP contribution in [-0.2, 0) is 9.47 Å². The van der Waals surface area contributed by atoms with E-state index in [1.807, 2.05) is 31.3 Å². The fraction of sp³-hybridized carbons (Fsp3) is 0.524. The molecule has 7 nitrogen and oxygen atoms in total. The third-order valence-electron chi connectivity index (χ3n) is 5.30. The highest BCUT2D eigenvalue weighted by Crippen LogP contribution is 2.21. The normalized spacial score (nSPS) is 22.4. The zero-order valence-electron chi connectivity index (χ0n) is 16.8. The van der Waals surface area contributed by atoms with E-state index >= 15 is 0 Å². The molecule has 2 aliphatic heterocycles. The van der Waals surface area contributed by atoms with E-state index in [1.54, 1.807) is 0 Å². The Morgan fingerprint density at radius 3 is 2.83 bits per heavy atom. The van der Waals surface area contributed by atoms with E-state index in [4.69, 9.17) is 9.47 Å². The number of guanidine groups is 1. The Morgan fingerprint density at radius 2 is 2.00 bits per heavy atom. The number of ether oxygens (including phenoxy) is 2. The largest absolute Gasteiger partial charge is 0.375 e. The van der Waals surface area contributed by atoms with Gasteiger partial charge in [-0.05, 0) is 31.0 Å². The minimum absolute atomic E-state index is 0. The van der Waals surface area contributed by atoms with Crippen molar-refractivity contribution in [1.29, 1.82) is 0 Å². The van der Waals surface area contributed by atoms with E-state index in [-0.39, 0.29) is 36.2 Å². The number of para-hydroxylation sites is 1. The maximum absolute atomic E-state index is 5.94. The number of anilines is 1. The average molecular weight is 511 g/mol. The lowest BCUT2D eigenvalue weighted by molar-refractivity contribution is -0.0816. The van der Waals surface area contributed by atoms with E-state index in [2.05, 4.69) is 37.6 Å². The minimum Gasteiger partial charge on any atom is -0.375 e. The van der Waals surface area contributed by atoms with Crippen LogP contribution in [0.3, 0.4) is 0 Å². The van der Waals surface area contributed by atoms with Crippen LogP contribution in [0.5, 0.6) is 0 Å². The van der Waals surface area contributed by atoms with Gasteiger partial charge in [-0.1, -0.05) is 18.2 Å². The number of pyridine rings is 1. The molecule has 0 amide bonds. The maximum atomic E-state index is 5.94. The second-order valence-electron chi connectivity index (χ2n) is 7.20. The van der Waals surface area contributed by atoms with Crippen molar-refractivity contribution >= 4 is 46.7 Å². The summed E-state index contributed by atoms with van der Waals surface area (Å²) in [5.41, 5.74) is 1.00. The molecular formula is C21H30IN5O2. The monoisotopic (exact) mass is 511 g/mol. The number of fused-ring (bicyclic) bond motifs is 1. The highest BCUT2D eigenvalue weighted by molar-refractivity contribution is 14.0. The van der Waals surface area contributed by atoms with Crippen LogP contribution in [-0.4, -0.2) is 74.5 Å². The number of morpholine rings is 1. The van der Waals surface area contributed by atoms with Crippen LogP contribution in [0.15, 0.2) is 41.4 Å². The van der Waals surface area contributed by atoms with E-state index in [9.17, 15) is 0 Å². The molecule has 1 aromatic heterocycles. The van der Waals surface area contributed by atoms with Crippen molar-refractivity contribution in [2.45, 2.75) is 25.0 Å². The Labute approximate surface area is 189 Å². The van der Waals surface area contributed by atoms with Crippen molar-refractivity contribution in [1.82, 2.24) is 15.2 Å². The summed E-state index contributed by atoms with van der Waals surface area (Å²) < 4.78 is 11.7. The van der Waals surface area contributed by atoms with Gasteiger partial charge in [0.15, 0.2) is 5.96 Å². The molecule has 0 aliphatic carbocycles. The van der Waals surface area contributed by atoms with Crippen molar-refractivity contribution in [3.05, 3.63) is 36.4 Å². The number of nitrogens with zero attached hydrogens (tertiary/aromatic N) is 3. The SMILES string of the molecule is CN=C(NCCNc1ccc2ccccc2n1)N1CCOC(C2CCCO2)C1.I. The van der Waals surface area contributed by atoms with Crippen molar-refractivity contribution in [2.24, 2.45) is 4.99 Å². The zero-order chi connectivity index (χ0) is 19.2. The lowest BCUT2D eigenvalue weighted by Crippen LogP contribution is -2.53. The van der Waals surface area contributed by atoms with E-state index in [0.717, 1.165) is 68.3 Å². The first-order valence-corrected chi connectivity index (χ1v) is 10.1. The van der Waals surface area contributed by atoms with Gasteiger partial charge in [-0.25, -0.2) is 4.98 Å². The number of halogens is 1. The van der Waals surface area contributed by atoms with Crippen LogP contribution in [0.25, 0.3) is 10.9 Å². The molecule has 2 saturated heterocycles. The highest BCUT2D eigenvalue weighted by Gasteiger charge is 2.32. The molecule has 2 atom stereocenters. The first-order chi connectivity index (χ1) is 13.8. The Kier molecular flexibility index (Phi) is 8.31. The molecule has 0 spiro atoms. The molecule has 2 unspecified atom stereocenters. The van der Waals surface area contributed by atoms with Gasteiger partial charge in [-0.3, -0.25) is 4.99 Å². The summed E-state index contributed by atoms with van der Waals surface area (Å²) in [4.78, 5) is 11.4. The summed E-state index contributed by atoms with van der Waals surface area (Å²) in [6, 6.07) is 12.3. The van der Waals surface area contributed by atoms with E-state index in [1.165, 1.54) is 0 Å². The number of rotatable bonds is 5. The van der Waals surface area contributed by atoms with Crippen LogP contribution in [0.1, 0.15) is 12.8 Å². The number of hydrogen-bond acceptors (Lipinski definition) is 5. The number of benzene rings is 1. The predicted octanol–water partition coefficient (Wildman–Crippen LogP) is 2.72. The van der Waals surface area contributed by atoms with Crippen molar-refractivity contribution in [3.63, 3.8) is 0 Å². The molecule has 0 bridgehead atoms. The first kappa shape index (κ1) is 22.0. The summed E-state index contributed by atoms with van der Waals surface area (Å²) in [6.07, 6.45) is 2.58. The quantitative estimate of drug-likeness (QED) is 0.279. The molecule has 0 radical (unpaired) electrons. The third-order valence-corrected chi connectivity index (χ3v) is 5.30. The van der Waals surface area contributed by atoms with Crippen LogP contribution in [0, 0.1) is 0 Å². The Hall–Kier alpha value is -1.65. The van der Waals surface area contributed by atoms with Gasteiger partial charge in [0.05, 0.1) is 18.2 Å². The molecule has 1 aromatic carbocycles. The Bertz CT molecular complexity index is 813. The second kappa shape index (κ2) is 10.9. The first-order valence-electron chi connectivity index (χ1n) is 10.1. The number of hydrogen-bond donors (Lipinski definition) is 2. The summed E-state index contributed by atoms with van der Waals surface area (Å²) in [5.74, 6) is 1.81. The van der Waals surface area contributed by atoms with E-state index < -0.39 is 0 Å². The number of aromatic nitrogens is 1. The highest BCUT2D eigenvalue weighted by atomic mass is 127. The van der Waals surface area contributed by atoms with Crippen molar-refractivity contribution in [3.8, 4) is 0 Å². The fourth-order valence-corrected chi connectivity index (χ4v) is 3.85. The second-order valence-corrected chi connectivity index (χ2v) is 7.20. The number of nitrogens with one attached hydrogen (secondary N) is 2. The van der Waals surface area contributed by atoms with Crippen LogP contribution in [0.4, 0.5) is 5.82 Å². The van der Waals surface area contributed by atoms with Crippen LogP contribution in [0.2, 0.25) is 0 Å². The fourth-order valence-electron chi connectivity index (χ4n) is 3.85. The molecule has 2 aliphatic rings. The van der Waals surface area contributed by atoms with Gasteiger partial charge in [0.1, 0.15) is 11.9 Å². The maximum Gasteiger partial charge on any atom is 0.193 e. The Balaban J connectivity index is 0.00000240. The van der Waals surface area contributed by atoms with Gasteiger partial charge in [-0.15, -0.1) is 24.0 Å². The summed E-state index contributed by atoms with van der Waals surface area (Å²) in [6.45, 7) is 4.77. The van der Waals surface area contributed by atoms with Gasteiger partial charge in [0.2, 0.25) is 0 Å². The zero-order valence-corrected chi connectivity index (χ0v) is 19.2. The van der Waals surface area contributed by atoms with Crippen molar-refractivity contribution < 1.29 is 9.47 Å². The van der Waals surface area contributed by atoms with Crippen LogP contribution < -0.4 is 10.6 Å². The van der Waals surface area contributed by atoms with Gasteiger partial charge in [-0.2, -0.15) is 0 Å². The molecule has 2 N–H and O–H groups in total. The summed E-state index contributed by atoms with van der Waals surface area (Å²) in [5, 5.41) is 7.98. The smallest absolute Gasteiger partial charge is 0.193 e. The predicted molar refractivity (Wildman–Crippen MR) is 127 cm³/mol. The molecule has 2 aromatic rings. The lowest BCUT2D eigenvalue weighted by Gasteiger charge is -2.37. The van der Waals surface area contributed by atoms with Crippen molar-refractivity contribution in [2.75, 3.05) is 51.8 Å². The molecule has 158 valence electrons. The standard InChI is InChI=1S/C21H29N5O2.HI/c1-22-21(26-12-14-28-19(15-26)18-7-4-13-27-18)24-11-10-23-20-9-8-16-5-2-3-6-17(16)25-20;/h2-3,5-6,8-9,18-19H,4,7,10-15H2,1H3,(H,22,24)(H,23,25);1H. The van der Waals surface area contributed by atoms with Gasteiger partial charge in [0, 0.05) is 45.2 Å². The minimum atomic E-state index is 0. The molecule has 4 rings (SSSR count). The summed E-state index contributed by atoms with van der Waals surface area (Å²) >= 11 is 0.